The van der Waals surface area contributed by atoms with E-state index < -0.39 is 0 Å². The van der Waals surface area contributed by atoms with Gasteiger partial charge in [0, 0.05) is 0 Å². The number of quaternary nitrogens is 1. The lowest BCUT2D eigenvalue weighted by molar-refractivity contribution is -0.890. The summed E-state index contributed by atoms with van der Waals surface area (Å²) >= 11 is 0. The van der Waals surface area contributed by atoms with Gasteiger partial charge in [0.25, 0.3) is 0 Å². The van der Waals surface area contributed by atoms with Gasteiger partial charge in [0.1, 0.15) is 0 Å². The molecule has 0 unspecified atom stereocenters. The molecule has 0 aliphatic carbocycles. The van der Waals surface area contributed by atoms with E-state index in [0.717, 1.165) is 6.54 Å². The molecule has 0 fully saturated rings. The van der Waals surface area contributed by atoms with Gasteiger partial charge in [-0.3, -0.25) is 0 Å². The van der Waals surface area contributed by atoms with Crippen molar-refractivity contribution in [2.75, 3.05) is 33.7 Å². The fraction of sp³-hybridized carbons (Fsp3) is 1.00. The van der Waals surface area contributed by atoms with Gasteiger partial charge in [0.2, 0.25) is 0 Å². The quantitative estimate of drug-likeness (QED) is 0.342. The van der Waals surface area contributed by atoms with E-state index in [1.165, 1.54) is 94.6 Å². The Balaban J connectivity index is 3.25. The van der Waals surface area contributed by atoms with Crippen molar-refractivity contribution < 1.29 is 4.48 Å². The summed E-state index contributed by atoms with van der Waals surface area (Å²) in [6.07, 6.45) is 16.8. The lowest BCUT2D eigenvalue weighted by Crippen LogP contribution is -2.41. The Morgan fingerprint density at radius 3 is 1.45 bits per heavy atom. The molecule has 0 aromatic heterocycles. The van der Waals surface area contributed by atoms with Gasteiger partial charge in [0.05, 0.1) is 27.2 Å². The molecule has 2 nitrogen and oxygen atoms in total. The Bertz CT molecular complexity index is 190. The molecule has 2 N–H and O–H groups in total. The SMILES string of the molecule is CCCCCCCCCCCC[N+](C)(C)CCCCN. The maximum atomic E-state index is 5.56. The zero-order chi connectivity index (χ0) is 15.1. The van der Waals surface area contributed by atoms with Crippen molar-refractivity contribution in [3.05, 3.63) is 0 Å². The third kappa shape index (κ3) is 14.3. The molecule has 0 aromatic rings. The maximum absolute atomic E-state index is 5.56. The van der Waals surface area contributed by atoms with Crippen LogP contribution in [0.25, 0.3) is 0 Å². The fourth-order valence-corrected chi connectivity index (χ4v) is 2.82. The second-order valence-corrected chi connectivity index (χ2v) is 7.06. The van der Waals surface area contributed by atoms with Crippen LogP contribution >= 0.6 is 0 Å². The third-order valence-electron chi connectivity index (χ3n) is 4.33. The molecule has 0 rings (SSSR count). The van der Waals surface area contributed by atoms with Crippen molar-refractivity contribution >= 4 is 0 Å². The molecular weight excluding hydrogens is 244 g/mol. The molecule has 0 saturated heterocycles. The standard InChI is InChI=1S/C18H41N2/c1-4-5-6-7-8-9-10-11-12-14-17-20(2,3)18-15-13-16-19/h4-19H2,1-3H3/q+1. The van der Waals surface area contributed by atoms with Gasteiger partial charge in [-0.2, -0.15) is 0 Å². The molecule has 0 heterocycles. The molecule has 0 bridgehead atoms. The highest BCUT2D eigenvalue weighted by Crippen LogP contribution is 2.12. The Morgan fingerprint density at radius 1 is 0.600 bits per heavy atom. The molecule has 0 aromatic carbocycles. The van der Waals surface area contributed by atoms with E-state index in [0.29, 0.717) is 0 Å². The van der Waals surface area contributed by atoms with E-state index in [2.05, 4.69) is 21.0 Å². The minimum atomic E-state index is 0.845. The van der Waals surface area contributed by atoms with E-state index >= 15 is 0 Å². The van der Waals surface area contributed by atoms with Crippen LogP contribution in [0.1, 0.15) is 84.0 Å². The molecular formula is C18H41N2+. The molecule has 0 atom stereocenters. The summed E-state index contributed by atoms with van der Waals surface area (Å²) in [7, 11) is 4.73. The van der Waals surface area contributed by atoms with Crippen molar-refractivity contribution in [2.45, 2.75) is 84.0 Å². The molecule has 20 heavy (non-hydrogen) atoms. The van der Waals surface area contributed by atoms with Crippen LogP contribution in [-0.2, 0) is 0 Å². The number of nitrogens with two attached hydrogens (primary N) is 1. The first kappa shape index (κ1) is 19.9. The van der Waals surface area contributed by atoms with Crippen molar-refractivity contribution in [1.82, 2.24) is 0 Å². The lowest BCUT2D eigenvalue weighted by Gasteiger charge is -2.29. The van der Waals surface area contributed by atoms with E-state index in [9.17, 15) is 0 Å². The summed E-state index contributed by atoms with van der Waals surface area (Å²) in [5, 5.41) is 0. The van der Waals surface area contributed by atoms with Crippen molar-refractivity contribution in [3.8, 4) is 0 Å². The van der Waals surface area contributed by atoms with Crippen molar-refractivity contribution in [1.29, 1.82) is 0 Å². The predicted octanol–water partition coefficient (Wildman–Crippen LogP) is 4.72. The largest absolute Gasteiger partial charge is 0.330 e. The molecule has 0 aliphatic rings. The monoisotopic (exact) mass is 285 g/mol. The van der Waals surface area contributed by atoms with Gasteiger partial charge < -0.3 is 10.2 Å². The van der Waals surface area contributed by atoms with Gasteiger partial charge in [-0.15, -0.1) is 0 Å². The summed E-state index contributed by atoms with van der Waals surface area (Å²) in [6, 6.07) is 0. The average molecular weight is 286 g/mol. The minimum absolute atomic E-state index is 0.845. The van der Waals surface area contributed by atoms with Crippen LogP contribution in [-0.4, -0.2) is 38.2 Å². The molecule has 0 amide bonds. The first-order valence-electron chi connectivity index (χ1n) is 9.14. The summed E-state index contributed by atoms with van der Waals surface area (Å²) in [5.41, 5.74) is 5.56. The van der Waals surface area contributed by atoms with Crippen LogP contribution in [0.5, 0.6) is 0 Å². The number of unbranched alkanes of at least 4 members (excludes halogenated alkanes) is 10. The summed E-state index contributed by atoms with van der Waals surface area (Å²) in [4.78, 5) is 0. The van der Waals surface area contributed by atoms with Crippen LogP contribution in [0, 0.1) is 0 Å². The van der Waals surface area contributed by atoms with Crippen LogP contribution < -0.4 is 5.73 Å². The summed E-state index contributed by atoms with van der Waals surface area (Å²) in [5.74, 6) is 0. The van der Waals surface area contributed by atoms with E-state index in [-0.39, 0.29) is 0 Å². The Labute approximate surface area is 128 Å². The highest BCUT2D eigenvalue weighted by Gasteiger charge is 2.13. The van der Waals surface area contributed by atoms with E-state index in [4.69, 9.17) is 5.73 Å². The zero-order valence-electron chi connectivity index (χ0n) is 14.6. The van der Waals surface area contributed by atoms with Crippen LogP contribution in [0.15, 0.2) is 0 Å². The molecule has 0 radical (unpaired) electrons. The zero-order valence-corrected chi connectivity index (χ0v) is 14.6. The Morgan fingerprint density at radius 2 is 1.00 bits per heavy atom. The van der Waals surface area contributed by atoms with Crippen LogP contribution in [0.2, 0.25) is 0 Å². The van der Waals surface area contributed by atoms with E-state index in [1.807, 2.05) is 0 Å². The molecule has 0 saturated carbocycles. The molecule has 2 heteroatoms. The second-order valence-electron chi connectivity index (χ2n) is 7.06. The first-order chi connectivity index (χ1) is 9.62. The number of rotatable bonds is 15. The highest BCUT2D eigenvalue weighted by molar-refractivity contribution is 4.48. The van der Waals surface area contributed by atoms with Crippen LogP contribution in [0.3, 0.4) is 0 Å². The highest BCUT2D eigenvalue weighted by atomic mass is 15.3. The second kappa shape index (κ2) is 13.9. The first-order valence-corrected chi connectivity index (χ1v) is 9.14. The topological polar surface area (TPSA) is 26.0 Å². The smallest absolute Gasteiger partial charge is 0.0782 e. The minimum Gasteiger partial charge on any atom is -0.330 e. The number of hydrogen-bond donors (Lipinski definition) is 1. The van der Waals surface area contributed by atoms with Gasteiger partial charge in [0.15, 0.2) is 0 Å². The maximum Gasteiger partial charge on any atom is 0.0782 e. The summed E-state index contributed by atoms with van der Waals surface area (Å²) in [6.45, 7) is 5.75. The van der Waals surface area contributed by atoms with Crippen molar-refractivity contribution in [3.63, 3.8) is 0 Å². The Hall–Kier alpha value is -0.0800. The molecule has 122 valence electrons. The molecule has 0 spiro atoms. The van der Waals surface area contributed by atoms with E-state index in [1.54, 1.807) is 0 Å². The van der Waals surface area contributed by atoms with Gasteiger partial charge in [-0.25, -0.2) is 0 Å². The van der Waals surface area contributed by atoms with Gasteiger partial charge in [-0.05, 0) is 32.2 Å². The van der Waals surface area contributed by atoms with Gasteiger partial charge >= 0.3 is 0 Å². The van der Waals surface area contributed by atoms with Crippen molar-refractivity contribution in [2.24, 2.45) is 5.73 Å². The number of nitrogens with zero attached hydrogens (tertiary/aromatic N) is 1. The number of hydrogen-bond acceptors (Lipinski definition) is 1. The third-order valence-corrected chi connectivity index (χ3v) is 4.33. The Kier molecular flexibility index (Phi) is 13.8. The fourth-order valence-electron chi connectivity index (χ4n) is 2.82. The predicted molar refractivity (Wildman–Crippen MR) is 92.0 cm³/mol. The summed E-state index contributed by atoms with van der Waals surface area (Å²) < 4.78 is 1.18. The normalized spacial score (nSPS) is 12.0. The van der Waals surface area contributed by atoms with Crippen LogP contribution in [0.4, 0.5) is 0 Å². The van der Waals surface area contributed by atoms with Gasteiger partial charge in [-0.1, -0.05) is 58.3 Å². The molecule has 0 aliphatic heterocycles. The average Bonchev–Trinajstić information content (AvgIpc) is 2.41. The lowest BCUT2D eigenvalue weighted by atomic mass is 10.1.